The molecule has 0 saturated carbocycles. The Morgan fingerprint density at radius 2 is 2.25 bits per heavy atom. The summed E-state index contributed by atoms with van der Waals surface area (Å²) in [4.78, 5) is 13.2. The molecule has 1 fully saturated rings. The molecular formula is C12H16N2O2. The van der Waals surface area contributed by atoms with E-state index >= 15 is 0 Å². The number of hydrogen-bond donors (Lipinski definition) is 2. The Morgan fingerprint density at radius 1 is 1.50 bits per heavy atom. The molecule has 1 aliphatic rings. The van der Waals surface area contributed by atoms with Gasteiger partial charge in [0.25, 0.3) is 0 Å². The van der Waals surface area contributed by atoms with Gasteiger partial charge < -0.3 is 15.7 Å². The molecule has 0 aliphatic carbocycles. The Hall–Kier alpha value is -1.71. The summed E-state index contributed by atoms with van der Waals surface area (Å²) in [7, 11) is 0. The second-order valence-electron chi connectivity index (χ2n) is 4.28. The summed E-state index contributed by atoms with van der Waals surface area (Å²) in [5.41, 5.74) is 7.21. The van der Waals surface area contributed by atoms with Gasteiger partial charge in [-0.2, -0.15) is 0 Å². The zero-order valence-corrected chi connectivity index (χ0v) is 9.31. The number of nitrogens with two attached hydrogens (primary N) is 1. The highest BCUT2D eigenvalue weighted by Gasteiger charge is 2.29. The van der Waals surface area contributed by atoms with E-state index in [-0.39, 0.29) is 17.7 Å². The van der Waals surface area contributed by atoms with Crippen LogP contribution < -0.4 is 10.6 Å². The zero-order valence-electron chi connectivity index (χ0n) is 9.31. The van der Waals surface area contributed by atoms with Crippen molar-refractivity contribution in [1.82, 2.24) is 0 Å². The first kappa shape index (κ1) is 10.8. The van der Waals surface area contributed by atoms with E-state index in [0.29, 0.717) is 0 Å². The maximum atomic E-state index is 11.3. The third kappa shape index (κ3) is 1.96. The van der Waals surface area contributed by atoms with Crippen molar-refractivity contribution >= 4 is 11.6 Å². The van der Waals surface area contributed by atoms with Gasteiger partial charge in [-0.05, 0) is 37.5 Å². The Labute approximate surface area is 94.7 Å². The van der Waals surface area contributed by atoms with Crippen LogP contribution in [0.2, 0.25) is 0 Å². The number of phenolic OH excluding ortho intramolecular Hbond substituents is 1. The lowest BCUT2D eigenvalue weighted by Gasteiger charge is -2.24. The van der Waals surface area contributed by atoms with Crippen LogP contribution in [0.4, 0.5) is 5.69 Å². The van der Waals surface area contributed by atoms with Crippen molar-refractivity contribution in [2.75, 3.05) is 11.4 Å². The van der Waals surface area contributed by atoms with Crippen LogP contribution in [0, 0.1) is 6.92 Å². The number of carbonyl (C=O) groups excluding carboxylic acids is 1. The number of anilines is 1. The van der Waals surface area contributed by atoms with Crippen molar-refractivity contribution in [3.8, 4) is 5.75 Å². The molecule has 1 heterocycles. The first-order valence-corrected chi connectivity index (χ1v) is 5.44. The predicted octanol–water partition coefficient (Wildman–Crippen LogP) is 1.15. The predicted molar refractivity (Wildman–Crippen MR) is 62.4 cm³/mol. The van der Waals surface area contributed by atoms with Gasteiger partial charge >= 0.3 is 0 Å². The van der Waals surface area contributed by atoms with Crippen LogP contribution in [0.15, 0.2) is 18.2 Å². The number of nitrogens with zero attached hydrogens (tertiary/aromatic N) is 1. The summed E-state index contributed by atoms with van der Waals surface area (Å²) in [6.07, 6.45) is 1.76. The highest BCUT2D eigenvalue weighted by molar-refractivity contribution is 5.84. The van der Waals surface area contributed by atoms with Crippen LogP contribution in [0.1, 0.15) is 18.4 Å². The fourth-order valence-corrected chi connectivity index (χ4v) is 2.28. The average molecular weight is 220 g/mol. The van der Waals surface area contributed by atoms with Crippen molar-refractivity contribution in [2.24, 2.45) is 5.73 Å². The molecule has 2 rings (SSSR count). The fourth-order valence-electron chi connectivity index (χ4n) is 2.28. The lowest BCUT2D eigenvalue weighted by atomic mass is 10.1. The zero-order chi connectivity index (χ0) is 11.7. The monoisotopic (exact) mass is 220 g/mol. The summed E-state index contributed by atoms with van der Waals surface area (Å²) >= 11 is 0. The molecule has 4 nitrogen and oxygen atoms in total. The number of aromatic hydroxyl groups is 1. The van der Waals surface area contributed by atoms with Gasteiger partial charge in [-0.15, -0.1) is 0 Å². The van der Waals surface area contributed by atoms with Crippen LogP contribution >= 0.6 is 0 Å². The molecule has 1 saturated heterocycles. The number of phenols is 1. The molecule has 1 aromatic carbocycles. The van der Waals surface area contributed by atoms with Crippen LogP contribution in [-0.4, -0.2) is 23.6 Å². The lowest BCUT2D eigenvalue weighted by Crippen LogP contribution is -2.40. The maximum Gasteiger partial charge on any atom is 0.240 e. The highest BCUT2D eigenvalue weighted by atomic mass is 16.3. The normalized spacial score (nSPS) is 20.1. The molecule has 0 bridgehead atoms. The van der Waals surface area contributed by atoms with Crippen LogP contribution in [0.3, 0.4) is 0 Å². The Morgan fingerprint density at radius 3 is 2.88 bits per heavy atom. The third-order valence-corrected chi connectivity index (χ3v) is 2.96. The minimum absolute atomic E-state index is 0.227. The standard InChI is InChI=1S/C12H16N2O2/c1-8-5-9(7-10(15)6-8)14-4-2-3-11(14)12(13)16/h5-7,11,15H,2-4H2,1H3,(H2,13,16). The van der Waals surface area contributed by atoms with E-state index in [1.807, 2.05) is 17.9 Å². The largest absolute Gasteiger partial charge is 0.508 e. The van der Waals surface area contributed by atoms with Gasteiger partial charge in [0.15, 0.2) is 0 Å². The van der Waals surface area contributed by atoms with Crippen LogP contribution in [0.25, 0.3) is 0 Å². The molecule has 1 unspecified atom stereocenters. The summed E-state index contributed by atoms with van der Waals surface area (Å²) in [5.74, 6) is -0.0661. The third-order valence-electron chi connectivity index (χ3n) is 2.96. The SMILES string of the molecule is Cc1cc(O)cc(N2CCCC2C(N)=O)c1. The van der Waals surface area contributed by atoms with E-state index in [0.717, 1.165) is 30.6 Å². The van der Waals surface area contributed by atoms with Crippen molar-refractivity contribution in [3.63, 3.8) is 0 Å². The van der Waals surface area contributed by atoms with Crippen LogP contribution in [0.5, 0.6) is 5.75 Å². The first-order valence-electron chi connectivity index (χ1n) is 5.44. The second kappa shape index (κ2) is 4.04. The van der Waals surface area contributed by atoms with Crippen molar-refractivity contribution in [2.45, 2.75) is 25.8 Å². The number of amides is 1. The van der Waals surface area contributed by atoms with Gasteiger partial charge in [0.05, 0.1) is 0 Å². The van der Waals surface area contributed by atoms with E-state index in [1.165, 1.54) is 0 Å². The number of rotatable bonds is 2. The summed E-state index contributed by atoms with van der Waals surface area (Å²) in [5, 5.41) is 9.54. The van der Waals surface area contributed by atoms with Crippen molar-refractivity contribution in [3.05, 3.63) is 23.8 Å². The van der Waals surface area contributed by atoms with E-state index in [9.17, 15) is 9.90 Å². The first-order chi connectivity index (χ1) is 7.58. The van der Waals surface area contributed by atoms with Gasteiger partial charge in [-0.1, -0.05) is 0 Å². The molecule has 0 radical (unpaired) electrons. The second-order valence-corrected chi connectivity index (χ2v) is 4.28. The smallest absolute Gasteiger partial charge is 0.240 e. The number of benzene rings is 1. The molecule has 3 N–H and O–H groups in total. The minimum atomic E-state index is -0.293. The Bertz CT molecular complexity index is 397. The van der Waals surface area contributed by atoms with Gasteiger partial charge in [-0.25, -0.2) is 0 Å². The summed E-state index contributed by atoms with van der Waals surface area (Å²) < 4.78 is 0. The summed E-state index contributed by atoms with van der Waals surface area (Å²) in [6.45, 7) is 2.73. The van der Waals surface area contributed by atoms with Crippen molar-refractivity contribution < 1.29 is 9.90 Å². The topological polar surface area (TPSA) is 66.6 Å². The fraction of sp³-hybridized carbons (Fsp3) is 0.417. The number of primary amides is 1. The molecular weight excluding hydrogens is 204 g/mol. The van der Waals surface area contributed by atoms with E-state index in [4.69, 9.17) is 5.73 Å². The summed E-state index contributed by atoms with van der Waals surface area (Å²) in [6, 6.07) is 5.09. The molecule has 1 atom stereocenters. The minimum Gasteiger partial charge on any atom is -0.508 e. The molecule has 1 aliphatic heterocycles. The van der Waals surface area contributed by atoms with Crippen molar-refractivity contribution in [1.29, 1.82) is 0 Å². The highest BCUT2D eigenvalue weighted by Crippen LogP contribution is 2.29. The Balaban J connectivity index is 2.32. The van der Waals surface area contributed by atoms with Gasteiger partial charge in [-0.3, -0.25) is 4.79 Å². The molecule has 1 aromatic rings. The average Bonchev–Trinajstić information content (AvgIpc) is 2.63. The molecule has 16 heavy (non-hydrogen) atoms. The van der Waals surface area contributed by atoms with Gasteiger partial charge in [0.2, 0.25) is 5.91 Å². The Kier molecular flexibility index (Phi) is 2.73. The van der Waals surface area contributed by atoms with Gasteiger partial charge in [0, 0.05) is 18.3 Å². The molecule has 0 aromatic heterocycles. The molecule has 86 valence electrons. The van der Waals surface area contributed by atoms with Crippen LogP contribution in [-0.2, 0) is 4.79 Å². The molecule has 4 heteroatoms. The maximum absolute atomic E-state index is 11.3. The quantitative estimate of drug-likeness (QED) is 0.785. The van der Waals surface area contributed by atoms with E-state index < -0.39 is 0 Å². The van der Waals surface area contributed by atoms with Gasteiger partial charge in [0.1, 0.15) is 11.8 Å². The number of carbonyl (C=O) groups is 1. The lowest BCUT2D eigenvalue weighted by molar-refractivity contribution is -0.119. The molecule has 0 spiro atoms. The van der Waals surface area contributed by atoms with E-state index in [2.05, 4.69) is 0 Å². The number of aryl methyl sites for hydroxylation is 1. The molecule has 1 amide bonds. The number of hydrogen-bond acceptors (Lipinski definition) is 3. The van der Waals surface area contributed by atoms with E-state index in [1.54, 1.807) is 12.1 Å².